The molecule has 0 saturated carbocycles. The fourth-order valence-corrected chi connectivity index (χ4v) is 3.04. The van der Waals surface area contributed by atoms with E-state index in [1.54, 1.807) is 0 Å². The molecule has 0 aromatic heterocycles. The first-order valence-corrected chi connectivity index (χ1v) is 7.08. The van der Waals surface area contributed by atoms with Crippen LogP contribution < -0.4 is 5.73 Å². The lowest BCUT2D eigenvalue weighted by Crippen LogP contribution is -2.44. The van der Waals surface area contributed by atoms with Crippen molar-refractivity contribution in [1.82, 2.24) is 4.90 Å². The molecule has 19 heavy (non-hydrogen) atoms. The highest BCUT2D eigenvalue weighted by molar-refractivity contribution is 5.20. The molecule has 0 spiro atoms. The van der Waals surface area contributed by atoms with Gasteiger partial charge in [0.25, 0.3) is 0 Å². The summed E-state index contributed by atoms with van der Waals surface area (Å²) in [7, 11) is 0. The molecule has 0 radical (unpaired) electrons. The summed E-state index contributed by atoms with van der Waals surface area (Å²) in [6, 6.07) is 7.12. The van der Waals surface area contributed by atoms with Crippen LogP contribution in [0.15, 0.2) is 24.3 Å². The zero-order chi connectivity index (χ0) is 13.7. The van der Waals surface area contributed by atoms with Crippen molar-refractivity contribution in [2.45, 2.75) is 37.8 Å². The molecule has 2 unspecified atom stereocenters. The van der Waals surface area contributed by atoms with E-state index in [4.69, 9.17) is 5.73 Å². The zero-order valence-electron chi connectivity index (χ0n) is 11.3. The minimum absolute atomic E-state index is 0.123. The second kappa shape index (κ2) is 6.98. The number of rotatable bonds is 5. The van der Waals surface area contributed by atoms with Crippen LogP contribution in [0.2, 0.25) is 0 Å². The van der Waals surface area contributed by atoms with E-state index in [1.807, 2.05) is 12.1 Å². The molecule has 0 amide bonds. The van der Waals surface area contributed by atoms with Crippen molar-refractivity contribution in [2.75, 3.05) is 19.7 Å². The van der Waals surface area contributed by atoms with Crippen molar-refractivity contribution in [3.8, 4) is 0 Å². The normalized spacial score (nSPS) is 22.4. The van der Waals surface area contributed by atoms with Crippen LogP contribution in [0.1, 0.15) is 37.3 Å². The van der Waals surface area contributed by atoms with Crippen molar-refractivity contribution in [3.63, 3.8) is 0 Å². The molecule has 0 aliphatic carbocycles. The molecule has 1 fully saturated rings. The van der Waals surface area contributed by atoms with Crippen molar-refractivity contribution in [2.24, 2.45) is 5.73 Å². The van der Waals surface area contributed by atoms with Crippen LogP contribution in [0.4, 0.5) is 4.39 Å². The van der Waals surface area contributed by atoms with Gasteiger partial charge in [-0.25, -0.2) is 4.39 Å². The van der Waals surface area contributed by atoms with Crippen molar-refractivity contribution >= 4 is 0 Å². The molecule has 2 atom stereocenters. The fraction of sp³-hybridized carbons (Fsp3) is 0.600. The molecule has 3 N–H and O–H groups in total. The summed E-state index contributed by atoms with van der Waals surface area (Å²) >= 11 is 0. The van der Waals surface area contributed by atoms with Gasteiger partial charge in [0.15, 0.2) is 0 Å². The van der Waals surface area contributed by atoms with E-state index in [-0.39, 0.29) is 18.5 Å². The van der Waals surface area contributed by atoms with Gasteiger partial charge in [-0.3, -0.25) is 4.90 Å². The Morgan fingerprint density at radius 1 is 1.32 bits per heavy atom. The smallest absolute Gasteiger partial charge is 0.123 e. The molecule has 1 aromatic carbocycles. The van der Waals surface area contributed by atoms with Gasteiger partial charge in [-0.15, -0.1) is 0 Å². The highest BCUT2D eigenvalue weighted by Gasteiger charge is 2.28. The van der Waals surface area contributed by atoms with E-state index in [0.29, 0.717) is 12.6 Å². The molecular weight excluding hydrogens is 243 g/mol. The van der Waals surface area contributed by atoms with E-state index in [1.165, 1.54) is 25.0 Å². The van der Waals surface area contributed by atoms with Crippen LogP contribution in [0.5, 0.6) is 0 Å². The van der Waals surface area contributed by atoms with Gasteiger partial charge < -0.3 is 10.8 Å². The van der Waals surface area contributed by atoms with E-state index >= 15 is 0 Å². The number of hydrogen-bond donors (Lipinski definition) is 2. The van der Waals surface area contributed by atoms with Crippen LogP contribution in [0, 0.1) is 5.82 Å². The maximum absolute atomic E-state index is 13.0. The Hall–Kier alpha value is -0.970. The number of aliphatic hydroxyl groups excluding tert-OH is 1. The number of aliphatic hydroxyl groups is 1. The van der Waals surface area contributed by atoms with Gasteiger partial charge in [-0.05, 0) is 43.5 Å². The van der Waals surface area contributed by atoms with Gasteiger partial charge in [-0.1, -0.05) is 18.6 Å². The van der Waals surface area contributed by atoms with Gasteiger partial charge in [-0.2, -0.15) is 0 Å². The Morgan fingerprint density at radius 3 is 2.68 bits per heavy atom. The minimum atomic E-state index is -0.218. The van der Waals surface area contributed by atoms with E-state index < -0.39 is 0 Å². The van der Waals surface area contributed by atoms with Crippen molar-refractivity contribution < 1.29 is 9.50 Å². The first kappa shape index (κ1) is 14.4. The van der Waals surface area contributed by atoms with Crippen LogP contribution in [0.25, 0.3) is 0 Å². The van der Waals surface area contributed by atoms with E-state index in [0.717, 1.165) is 24.9 Å². The van der Waals surface area contributed by atoms with Crippen LogP contribution in [-0.2, 0) is 0 Å². The predicted molar refractivity (Wildman–Crippen MR) is 74.2 cm³/mol. The number of hydrogen-bond acceptors (Lipinski definition) is 3. The van der Waals surface area contributed by atoms with Gasteiger partial charge in [0.05, 0.1) is 0 Å². The molecule has 3 nitrogen and oxygen atoms in total. The summed E-state index contributed by atoms with van der Waals surface area (Å²) in [4.78, 5) is 2.38. The van der Waals surface area contributed by atoms with Crippen LogP contribution in [0.3, 0.4) is 0 Å². The molecule has 1 saturated heterocycles. The maximum atomic E-state index is 13.0. The van der Waals surface area contributed by atoms with Gasteiger partial charge in [0.2, 0.25) is 0 Å². The SMILES string of the molecule is NCC(c1ccc(F)cc1)N1CCCCC1CCO. The van der Waals surface area contributed by atoms with Gasteiger partial charge >= 0.3 is 0 Å². The molecule has 0 bridgehead atoms. The third kappa shape index (κ3) is 3.53. The Balaban J connectivity index is 2.16. The summed E-state index contributed by atoms with van der Waals surface area (Å²) in [5, 5.41) is 9.19. The Kier molecular flexibility index (Phi) is 5.31. The average Bonchev–Trinajstić information content (AvgIpc) is 2.44. The van der Waals surface area contributed by atoms with Crippen molar-refractivity contribution in [3.05, 3.63) is 35.6 Å². The fourth-order valence-electron chi connectivity index (χ4n) is 3.04. The van der Waals surface area contributed by atoms with Gasteiger partial charge in [0.1, 0.15) is 5.82 Å². The number of likely N-dealkylation sites (tertiary alicyclic amines) is 1. The molecule has 1 aliphatic heterocycles. The molecule has 4 heteroatoms. The second-order valence-electron chi connectivity index (χ2n) is 5.20. The highest BCUT2D eigenvalue weighted by Crippen LogP contribution is 2.29. The quantitative estimate of drug-likeness (QED) is 0.857. The molecule has 1 heterocycles. The topological polar surface area (TPSA) is 49.5 Å². The number of piperidine rings is 1. The zero-order valence-corrected chi connectivity index (χ0v) is 11.3. The third-order valence-corrected chi connectivity index (χ3v) is 4.01. The van der Waals surface area contributed by atoms with Crippen molar-refractivity contribution in [1.29, 1.82) is 0 Å². The standard InChI is InChI=1S/C15H23FN2O/c16-13-6-4-12(5-7-13)15(11-17)18-9-2-1-3-14(18)8-10-19/h4-7,14-15,19H,1-3,8-11,17H2. The lowest BCUT2D eigenvalue weighted by atomic mass is 9.94. The first-order chi connectivity index (χ1) is 9.26. The Labute approximate surface area is 114 Å². The maximum Gasteiger partial charge on any atom is 0.123 e. The molecule has 106 valence electrons. The Morgan fingerprint density at radius 2 is 2.05 bits per heavy atom. The van der Waals surface area contributed by atoms with E-state index in [9.17, 15) is 9.50 Å². The monoisotopic (exact) mass is 266 g/mol. The Bertz CT molecular complexity index is 380. The summed E-state index contributed by atoms with van der Waals surface area (Å²) in [5.41, 5.74) is 7.00. The third-order valence-electron chi connectivity index (χ3n) is 4.01. The summed E-state index contributed by atoms with van der Waals surface area (Å²) < 4.78 is 13.0. The number of nitrogens with zero attached hydrogens (tertiary/aromatic N) is 1. The summed E-state index contributed by atoms with van der Waals surface area (Å²) in [5.74, 6) is -0.218. The largest absolute Gasteiger partial charge is 0.396 e. The molecule has 2 rings (SSSR count). The summed E-state index contributed by atoms with van der Waals surface area (Å²) in [6.07, 6.45) is 4.28. The second-order valence-corrected chi connectivity index (χ2v) is 5.20. The molecular formula is C15H23FN2O. The van der Waals surface area contributed by atoms with Crippen LogP contribution >= 0.6 is 0 Å². The molecule has 1 aromatic rings. The minimum Gasteiger partial charge on any atom is -0.396 e. The first-order valence-electron chi connectivity index (χ1n) is 7.08. The number of benzene rings is 1. The average molecular weight is 266 g/mol. The van der Waals surface area contributed by atoms with Crippen LogP contribution in [-0.4, -0.2) is 35.7 Å². The van der Waals surface area contributed by atoms with Gasteiger partial charge in [0, 0.05) is 25.2 Å². The predicted octanol–water partition coefficient (Wildman–Crippen LogP) is 2.06. The number of nitrogens with two attached hydrogens (primary N) is 1. The summed E-state index contributed by atoms with van der Waals surface area (Å²) in [6.45, 7) is 1.74. The number of halogens is 1. The lowest BCUT2D eigenvalue weighted by Gasteiger charge is -2.41. The lowest BCUT2D eigenvalue weighted by molar-refractivity contribution is 0.0782. The van der Waals surface area contributed by atoms with E-state index in [2.05, 4.69) is 4.90 Å². The highest BCUT2D eigenvalue weighted by atomic mass is 19.1. The molecule has 1 aliphatic rings.